The maximum Gasteiger partial charge on any atom is 0.161 e. The van der Waals surface area contributed by atoms with Gasteiger partial charge in [-0.05, 0) is 38.6 Å². The van der Waals surface area contributed by atoms with E-state index in [-0.39, 0.29) is 0 Å². The molecule has 0 aliphatic heterocycles. The van der Waals surface area contributed by atoms with Gasteiger partial charge in [0.2, 0.25) is 0 Å². The average molecular weight is 289 g/mol. The summed E-state index contributed by atoms with van der Waals surface area (Å²) in [4.78, 5) is 4.31. The maximum atomic E-state index is 5.88. The van der Waals surface area contributed by atoms with Crippen molar-refractivity contribution in [3.63, 3.8) is 0 Å². The minimum atomic E-state index is 0.437. The third-order valence-electron chi connectivity index (χ3n) is 3.19. The summed E-state index contributed by atoms with van der Waals surface area (Å²) in [5.74, 6) is 2.45. The first-order valence-corrected chi connectivity index (χ1v) is 7.31. The Hall–Kier alpha value is -2.01. The van der Waals surface area contributed by atoms with Crippen LogP contribution in [0, 0.1) is 0 Å². The first kappa shape index (κ1) is 15.4. The molecule has 0 radical (unpaired) electrons. The molecule has 0 saturated heterocycles. The normalized spacial score (nSPS) is 10.6. The van der Waals surface area contributed by atoms with Gasteiger partial charge in [-0.25, -0.2) is 4.98 Å². The standard InChI is InChI=1S/C16H23N3O2/c1-4-19-9-8-18-16(19)12-21-14-7-6-13(11-17-3)10-15(14)20-5-2/h6-10,17H,4-5,11-12H2,1-3H3. The highest BCUT2D eigenvalue weighted by Gasteiger charge is 2.08. The highest BCUT2D eigenvalue weighted by Crippen LogP contribution is 2.29. The Labute approximate surface area is 125 Å². The van der Waals surface area contributed by atoms with Crippen LogP contribution in [0.2, 0.25) is 0 Å². The Bertz CT molecular complexity index is 566. The highest BCUT2D eigenvalue weighted by atomic mass is 16.5. The summed E-state index contributed by atoms with van der Waals surface area (Å²) in [6, 6.07) is 6.01. The van der Waals surface area contributed by atoms with E-state index in [9.17, 15) is 0 Å². The van der Waals surface area contributed by atoms with Crippen LogP contribution in [0.5, 0.6) is 11.5 Å². The van der Waals surface area contributed by atoms with Crippen molar-refractivity contribution >= 4 is 0 Å². The molecule has 1 aromatic heterocycles. The number of aryl methyl sites for hydroxylation is 1. The van der Waals surface area contributed by atoms with Crippen molar-refractivity contribution < 1.29 is 9.47 Å². The number of hydrogen-bond acceptors (Lipinski definition) is 4. The molecule has 0 bridgehead atoms. The third kappa shape index (κ3) is 3.98. The second-order valence-corrected chi connectivity index (χ2v) is 4.66. The summed E-state index contributed by atoms with van der Waals surface area (Å²) in [5.41, 5.74) is 1.17. The number of nitrogens with zero attached hydrogens (tertiary/aromatic N) is 2. The van der Waals surface area contributed by atoms with E-state index in [4.69, 9.17) is 9.47 Å². The lowest BCUT2D eigenvalue weighted by Gasteiger charge is -2.13. The van der Waals surface area contributed by atoms with Gasteiger partial charge in [0, 0.05) is 25.5 Å². The Balaban J connectivity index is 2.11. The second kappa shape index (κ2) is 7.69. The van der Waals surface area contributed by atoms with E-state index in [2.05, 4.69) is 21.8 Å². The van der Waals surface area contributed by atoms with Crippen molar-refractivity contribution in [1.29, 1.82) is 0 Å². The topological polar surface area (TPSA) is 48.3 Å². The smallest absolute Gasteiger partial charge is 0.161 e. The summed E-state index contributed by atoms with van der Waals surface area (Å²) in [6.45, 7) is 6.80. The Kier molecular flexibility index (Phi) is 5.63. The molecule has 0 fully saturated rings. The number of aromatic nitrogens is 2. The molecule has 2 rings (SSSR count). The number of imidazole rings is 1. The van der Waals surface area contributed by atoms with Crippen LogP contribution < -0.4 is 14.8 Å². The zero-order valence-corrected chi connectivity index (χ0v) is 12.9. The molecule has 0 saturated carbocycles. The lowest BCUT2D eigenvalue weighted by molar-refractivity contribution is 0.259. The van der Waals surface area contributed by atoms with E-state index in [1.54, 1.807) is 6.20 Å². The molecular formula is C16H23N3O2. The molecule has 114 valence electrons. The van der Waals surface area contributed by atoms with Crippen molar-refractivity contribution in [2.24, 2.45) is 0 Å². The molecule has 1 heterocycles. The van der Waals surface area contributed by atoms with Crippen LogP contribution in [-0.4, -0.2) is 23.2 Å². The quantitative estimate of drug-likeness (QED) is 0.811. The fourth-order valence-electron chi connectivity index (χ4n) is 2.16. The largest absolute Gasteiger partial charge is 0.490 e. The molecule has 0 unspecified atom stereocenters. The molecule has 21 heavy (non-hydrogen) atoms. The third-order valence-corrected chi connectivity index (χ3v) is 3.19. The zero-order chi connectivity index (χ0) is 15.1. The van der Waals surface area contributed by atoms with Crippen LogP contribution in [-0.2, 0) is 19.7 Å². The summed E-state index contributed by atoms with van der Waals surface area (Å²) in [5, 5.41) is 3.13. The van der Waals surface area contributed by atoms with Crippen LogP contribution in [0.25, 0.3) is 0 Å². The van der Waals surface area contributed by atoms with Crippen molar-refractivity contribution in [1.82, 2.24) is 14.9 Å². The van der Waals surface area contributed by atoms with Gasteiger partial charge < -0.3 is 19.4 Å². The molecule has 1 N–H and O–H groups in total. The van der Waals surface area contributed by atoms with Gasteiger partial charge in [-0.15, -0.1) is 0 Å². The SMILES string of the molecule is CCOc1cc(CNC)ccc1OCc1nccn1CC. The Morgan fingerprint density at radius 1 is 1.19 bits per heavy atom. The summed E-state index contributed by atoms with van der Waals surface area (Å²) >= 11 is 0. The van der Waals surface area contributed by atoms with Crippen LogP contribution >= 0.6 is 0 Å². The lowest BCUT2D eigenvalue weighted by Crippen LogP contribution is -2.08. The fraction of sp³-hybridized carbons (Fsp3) is 0.438. The van der Waals surface area contributed by atoms with Gasteiger partial charge in [0.15, 0.2) is 11.5 Å². The second-order valence-electron chi connectivity index (χ2n) is 4.66. The van der Waals surface area contributed by atoms with E-state index >= 15 is 0 Å². The number of ether oxygens (including phenoxy) is 2. The molecule has 0 atom stereocenters. The van der Waals surface area contributed by atoms with Crippen molar-refractivity contribution in [3.8, 4) is 11.5 Å². The molecule has 0 spiro atoms. The Morgan fingerprint density at radius 2 is 2.05 bits per heavy atom. The van der Waals surface area contributed by atoms with Gasteiger partial charge in [-0.2, -0.15) is 0 Å². The van der Waals surface area contributed by atoms with Crippen LogP contribution in [0.1, 0.15) is 25.2 Å². The van der Waals surface area contributed by atoms with E-state index in [1.807, 2.05) is 38.4 Å². The molecule has 5 nitrogen and oxygen atoms in total. The van der Waals surface area contributed by atoms with Crippen molar-refractivity contribution in [2.45, 2.75) is 33.5 Å². The minimum Gasteiger partial charge on any atom is -0.490 e. The minimum absolute atomic E-state index is 0.437. The van der Waals surface area contributed by atoms with Crippen molar-refractivity contribution in [2.75, 3.05) is 13.7 Å². The number of nitrogens with one attached hydrogen (secondary N) is 1. The highest BCUT2D eigenvalue weighted by molar-refractivity contribution is 5.43. The van der Waals surface area contributed by atoms with E-state index in [0.717, 1.165) is 30.4 Å². The van der Waals surface area contributed by atoms with E-state index in [0.29, 0.717) is 13.2 Å². The fourth-order valence-corrected chi connectivity index (χ4v) is 2.16. The average Bonchev–Trinajstić information content (AvgIpc) is 2.94. The predicted molar refractivity (Wildman–Crippen MR) is 82.6 cm³/mol. The summed E-state index contributed by atoms with van der Waals surface area (Å²) in [6.07, 6.45) is 3.75. The number of rotatable bonds is 8. The zero-order valence-electron chi connectivity index (χ0n) is 12.9. The molecule has 5 heteroatoms. The van der Waals surface area contributed by atoms with Gasteiger partial charge >= 0.3 is 0 Å². The monoisotopic (exact) mass is 289 g/mol. The first-order valence-electron chi connectivity index (χ1n) is 7.31. The molecular weight excluding hydrogens is 266 g/mol. The molecule has 0 amide bonds. The van der Waals surface area contributed by atoms with Crippen LogP contribution in [0.4, 0.5) is 0 Å². The van der Waals surface area contributed by atoms with Crippen LogP contribution in [0.3, 0.4) is 0 Å². The number of hydrogen-bond donors (Lipinski definition) is 1. The Morgan fingerprint density at radius 3 is 2.76 bits per heavy atom. The van der Waals surface area contributed by atoms with Gasteiger partial charge in [-0.3, -0.25) is 0 Å². The van der Waals surface area contributed by atoms with E-state index in [1.165, 1.54) is 5.56 Å². The summed E-state index contributed by atoms with van der Waals surface area (Å²) in [7, 11) is 1.93. The maximum absolute atomic E-state index is 5.88. The van der Waals surface area contributed by atoms with E-state index < -0.39 is 0 Å². The first-order chi connectivity index (χ1) is 10.3. The molecule has 0 aliphatic rings. The van der Waals surface area contributed by atoms with Gasteiger partial charge in [-0.1, -0.05) is 6.07 Å². The molecule has 0 aliphatic carbocycles. The van der Waals surface area contributed by atoms with Gasteiger partial charge in [0.25, 0.3) is 0 Å². The lowest BCUT2D eigenvalue weighted by atomic mass is 10.2. The molecule has 1 aromatic carbocycles. The summed E-state index contributed by atoms with van der Waals surface area (Å²) < 4.78 is 13.6. The van der Waals surface area contributed by atoms with Gasteiger partial charge in [0.1, 0.15) is 12.4 Å². The predicted octanol–water partition coefficient (Wildman–Crippen LogP) is 2.60. The van der Waals surface area contributed by atoms with Gasteiger partial charge in [0.05, 0.1) is 6.61 Å². The number of benzene rings is 1. The van der Waals surface area contributed by atoms with Crippen LogP contribution in [0.15, 0.2) is 30.6 Å². The van der Waals surface area contributed by atoms with Crippen molar-refractivity contribution in [3.05, 3.63) is 42.0 Å². The molecule has 2 aromatic rings.